The van der Waals surface area contributed by atoms with E-state index in [0.29, 0.717) is 46.8 Å². The summed E-state index contributed by atoms with van der Waals surface area (Å²) in [6, 6.07) is 20.2. The summed E-state index contributed by atoms with van der Waals surface area (Å²) in [5.41, 5.74) is 3.64. The zero-order chi connectivity index (χ0) is 27.9. The summed E-state index contributed by atoms with van der Waals surface area (Å²) in [4.78, 5) is 39.4. The van der Waals surface area contributed by atoms with Crippen LogP contribution in [-0.4, -0.2) is 51.9 Å². The van der Waals surface area contributed by atoms with E-state index in [2.05, 4.69) is 22.0 Å². The monoisotopic (exact) mass is 545 g/mol. The van der Waals surface area contributed by atoms with E-state index in [1.165, 1.54) is 0 Å². The molecule has 4 rings (SSSR count). The zero-order valence-electron chi connectivity index (χ0n) is 21.1. The number of carbonyl (C=O) groups is 3. The average Bonchev–Trinajstić information content (AvgIpc) is 2.92. The van der Waals surface area contributed by atoms with Crippen molar-refractivity contribution in [2.24, 2.45) is 0 Å². The van der Waals surface area contributed by atoms with E-state index in [-0.39, 0.29) is 18.5 Å². The predicted molar refractivity (Wildman–Crippen MR) is 147 cm³/mol. The maximum Gasteiger partial charge on any atom is 0.404 e. The van der Waals surface area contributed by atoms with E-state index in [4.69, 9.17) is 10.4 Å². The number of carbonyl (C=O) groups excluding carboxylic acids is 2. The summed E-state index contributed by atoms with van der Waals surface area (Å²) in [6.07, 6.45) is 1.40. The summed E-state index contributed by atoms with van der Waals surface area (Å²) in [5, 5.41) is 25.8. The van der Waals surface area contributed by atoms with Crippen LogP contribution in [-0.2, 0) is 17.6 Å². The second kappa shape index (κ2) is 12.3. The molecule has 1 heterocycles. The average molecular weight is 546 g/mol. The van der Waals surface area contributed by atoms with E-state index >= 15 is 0 Å². The lowest BCUT2D eigenvalue weighted by molar-refractivity contribution is 0.0645. The van der Waals surface area contributed by atoms with Gasteiger partial charge in [-0.3, -0.25) is 4.79 Å². The molecule has 0 bridgehead atoms. The summed E-state index contributed by atoms with van der Waals surface area (Å²) in [5.74, 6) is -0.229. The lowest BCUT2D eigenvalue weighted by atomic mass is 9.88. The molecule has 3 aromatic rings. The molecular weight excluding hydrogens is 518 g/mol. The Morgan fingerprint density at radius 3 is 2.38 bits per heavy atom. The third-order valence-corrected chi connectivity index (χ3v) is 7.31. The molecule has 4 amide bonds. The van der Waals surface area contributed by atoms with E-state index in [1.54, 1.807) is 59.7 Å². The largest absolute Gasteiger partial charge is 0.612 e. The maximum absolute atomic E-state index is 13.7. The molecule has 0 saturated carbocycles. The van der Waals surface area contributed by atoms with Crippen LogP contribution in [0.25, 0.3) is 0 Å². The lowest BCUT2D eigenvalue weighted by Gasteiger charge is -2.37. The van der Waals surface area contributed by atoms with Gasteiger partial charge in [-0.1, -0.05) is 18.2 Å². The van der Waals surface area contributed by atoms with Crippen molar-refractivity contribution in [3.05, 3.63) is 89.0 Å². The lowest BCUT2D eigenvalue weighted by Crippen LogP contribution is -2.42. The molecule has 11 heteroatoms. The highest BCUT2D eigenvalue weighted by Gasteiger charge is 2.33. The van der Waals surface area contributed by atoms with Gasteiger partial charge in [-0.15, -0.1) is 0 Å². The van der Waals surface area contributed by atoms with Crippen molar-refractivity contribution in [3.63, 3.8) is 0 Å². The SMILES string of the molecule is C[S+]([O-])c1ccc(NC(=O)Nc2ccc3c(c2)C(=O)N(CCCNC(=O)O)C(c2ccc(C#N)cc2)C3)cc1. The van der Waals surface area contributed by atoms with Gasteiger partial charge in [0.15, 0.2) is 4.90 Å². The molecule has 4 N–H and O–H groups in total. The quantitative estimate of drug-likeness (QED) is 0.244. The Morgan fingerprint density at radius 1 is 1.08 bits per heavy atom. The van der Waals surface area contributed by atoms with Gasteiger partial charge in [-0.25, -0.2) is 9.59 Å². The topological polar surface area (TPSA) is 158 Å². The molecule has 0 saturated heterocycles. The molecule has 0 spiro atoms. The van der Waals surface area contributed by atoms with E-state index in [1.807, 2.05) is 18.2 Å². The Morgan fingerprint density at radius 2 is 1.74 bits per heavy atom. The number of nitrogens with zero attached hydrogens (tertiary/aromatic N) is 2. The summed E-state index contributed by atoms with van der Waals surface area (Å²) >= 11 is -1.12. The first-order chi connectivity index (χ1) is 18.7. The molecule has 0 aliphatic carbocycles. The zero-order valence-corrected chi connectivity index (χ0v) is 22.0. The first kappa shape index (κ1) is 27.5. The van der Waals surface area contributed by atoms with Crippen LogP contribution in [0.1, 0.15) is 39.5 Å². The molecule has 0 radical (unpaired) electrons. The number of benzene rings is 3. The van der Waals surface area contributed by atoms with Crippen LogP contribution in [0, 0.1) is 11.3 Å². The molecule has 3 aromatic carbocycles. The fourth-order valence-corrected chi connectivity index (χ4v) is 4.97. The Labute approximate surface area is 228 Å². The molecule has 200 valence electrons. The van der Waals surface area contributed by atoms with Crippen LogP contribution in [0.5, 0.6) is 0 Å². The third-order valence-electron chi connectivity index (χ3n) is 6.37. The van der Waals surface area contributed by atoms with Crippen molar-refractivity contribution in [2.75, 3.05) is 30.0 Å². The first-order valence-electron chi connectivity index (χ1n) is 12.2. The Balaban J connectivity index is 1.52. The van der Waals surface area contributed by atoms with Gasteiger partial charge in [0.2, 0.25) is 0 Å². The summed E-state index contributed by atoms with van der Waals surface area (Å²) < 4.78 is 11.6. The smallest absolute Gasteiger partial charge is 0.404 e. The second-order valence-electron chi connectivity index (χ2n) is 8.97. The molecule has 0 aromatic heterocycles. The van der Waals surface area contributed by atoms with Crippen LogP contribution in [0.2, 0.25) is 0 Å². The van der Waals surface area contributed by atoms with E-state index in [0.717, 1.165) is 11.1 Å². The van der Waals surface area contributed by atoms with Crippen molar-refractivity contribution >= 4 is 40.6 Å². The van der Waals surface area contributed by atoms with Gasteiger partial charge in [0.1, 0.15) is 6.26 Å². The van der Waals surface area contributed by atoms with E-state index < -0.39 is 23.3 Å². The van der Waals surface area contributed by atoms with Gasteiger partial charge in [-0.05, 0) is 83.7 Å². The minimum atomic E-state index is -1.13. The number of nitriles is 1. The van der Waals surface area contributed by atoms with Gasteiger partial charge in [0.05, 0.1) is 17.7 Å². The van der Waals surface area contributed by atoms with Gasteiger partial charge in [-0.2, -0.15) is 5.26 Å². The highest BCUT2D eigenvalue weighted by atomic mass is 32.2. The fraction of sp³-hybridized carbons (Fsp3) is 0.214. The molecular formula is C28H27N5O5S. The number of fused-ring (bicyclic) bond motifs is 1. The first-order valence-corrected chi connectivity index (χ1v) is 13.7. The summed E-state index contributed by atoms with van der Waals surface area (Å²) in [6.45, 7) is 0.517. The standard InChI is InChI=1S/C28H27N5O5S/c1-39(38)23-11-9-21(10-12-23)31-27(35)32-22-8-7-20-15-25(19-5-3-18(17-29)4-6-19)33(26(34)24(20)16-22)14-2-13-30-28(36)37/h3-12,16,25,30H,2,13-15H2,1H3,(H,36,37)(H2,31,32,35). The number of rotatable bonds is 8. The molecule has 1 aliphatic rings. The highest BCUT2D eigenvalue weighted by Crippen LogP contribution is 2.34. The Kier molecular flexibility index (Phi) is 8.70. The molecule has 39 heavy (non-hydrogen) atoms. The third kappa shape index (κ3) is 6.87. The Hall–Kier alpha value is -4.53. The van der Waals surface area contributed by atoms with Crippen LogP contribution < -0.4 is 16.0 Å². The van der Waals surface area contributed by atoms with Crippen LogP contribution in [0.4, 0.5) is 21.0 Å². The second-order valence-corrected chi connectivity index (χ2v) is 10.3. The predicted octanol–water partition coefficient (Wildman–Crippen LogP) is 4.34. The van der Waals surface area contributed by atoms with Gasteiger partial charge >= 0.3 is 12.1 Å². The Bertz CT molecular complexity index is 1400. The van der Waals surface area contributed by atoms with Gasteiger partial charge in [0.25, 0.3) is 5.91 Å². The normalized spacial score (nSPS) is 15.1. The van der Waals surface area contributed by atoms with Gasteiger partial charge < -0.3 is 30.5 Å². The van der Waals surface area contributed by atoms with Gasteiger partial charge in [0, 0.05) is 30.0 Å². The molecule has 2 atom stereocenters. The molecule has 10 nitrogen and oxygen atoms in total. The van der Waals surface area contributed by atoms with Crippen LogP contribution >= 0.6 is 0 Å². The van der Waals surface area contributed by atoms with Crippen LogP contribution in [0.3, 0.4) is 0 Å². The number of carboxylic acid groups (broad SMARTS) is 1. The summed E-state index contributed by atoms with van der Waals surface area (Å²) in [7, 11) is 0. The molecule has 0 fully saturated rings. The highest BCUT2D eigenvalue weighted by molar-refractivity contribution is 7.90. The number of hydrogen-bond donors (Lipinski definition) is 4. The van der Waals surface area contributed by atoms with Crippen LogP contribution in [0.15, 0.2) is 71.6 Å². The number of amides is 4. The number of urea groups is 1. The minimum Gasteiger partial charge on any atom is -0.612 e. The van der Waals surface area contributed by atoms with Crippen molar-refractivity contribution in [2.45, 2.75) is 23.8 Å². The van der Waals surface area contributed by atoms with Crippen molar-refractivity contribution in [1.82, 2.24) is 10.2 Å². The number of nitrogens with one attached hydrogen (secondary N) is 3. The fourth-order valence-electron chi connectivity index (χ4n) is 4.45. The van der Waals surface area contributed by atoms with Crippen molar-refractivity contribution in [3.8, 4) is 6.07 Å². The molecule has 2 unspecified atom stereocenters. The van der Waals surface area contributed by atoms with E-state index in [9.17, 15) is 18.9 Å². The molecule has 1 aliphatic heterocycles. The minimum absolute atomic E-state index is 0.197. The number of hydrogen-bond acceptors (Lipinski definition) is 5. The number of anilines is 2. The maximum atomic E-state index is 13.7. The van der Waals surface area contributed by atoms with Crippen molar-refractivity contribution < 1.29 is 24.0 Å². The van der Waals surface area contributed by atoms with Crippen molar-refractivity contribution in [1.29, 1.82) is 5.26 Å².